The lowest BCUT2D eigenvalue weighted by Gasteiger charge is -1.90. The van der Waals surface area contributed by atoms with E-state index in [2.05, 4.69) is 0 Å². The van der Waals surface area contributed by atoms with E-state index < -0.39 is 0 Å². The van der Waals surface area contributed by atoms with Gasteiger partial charge in [-0.2, -0.15) is 0 Å². The average Bonchev–Trinajstić information content (AvgIpc) is 3.03. The summed E-state index contributed by atoms with van der Waals surface area (Å²) in [7, 11) is 0. The molecule has 0 aliphatic heterocycles. The number of rotatable bonds is 5. The van der Waals surface area contributed by atoms with E-state index in [-0.39, 0.29) is 11.5 Å². The minimum Gasteiger partial charge on any atom is -0.508 e. The Bertz CT molecular complexity index is 715. The van der Waals surface area contributed by atoms with Crippen molar-refractivity contribution in [3.63, 3.8) is 0 Å². The third-order valence-electron chi connectivity index (χ3n) is 2.64. The van der Waals surface area contributed by atoms with Crippen LogP contribution in [0.5, 0.6) is 0 Å². The summed E-state index contributed by atoms with van der Waals surface area (Å²) in [5.41, 5.74) is 0. The van der Waals surface area contributed by atoms with E-state index in [1.165, 1.54) is 28.0 Å². The zero-order chi connectivity index (χ0) is 15.2. The van der Waals surface area contributed by atoms with Gasteiger partial charge in [0.1, 0.15) is 5.76 Å². The summed E-state index contributed by atoms with van der Waals surface area (Å²) in [6.07, 6.45) is 7.77. The van der Waals surface area contributed by atoms with Gasteiger partial charge in [0.05, 0.1) is 0 Å². The largest absolute Gasteiger partial charge is 0.508 e. The van der Waals surface area contributed by atoms with Gasteiger partial charge >= 0.3 is 0 Å². The van der Waals surface area contributed by atoms with E-state index in [1.54, 1.807) is 34.8 Å². The SMILES string of the molecule is Cc1ccc(/C=C/C(=O)/C=C(O)/C=C/c2ccc(C)s2)s1. The van der Waals surface area contributed by atoms with Gasteiger partial charge in [-0.15, -0.1) is 22.7 Å². The first-order valence-electron chi connectivity index (χ1n) is 6.46. The van der Waals surface area contributed by atoms with Crippen LogP contribution in [0.15, 0.2) is 48.3 Å². The highest BCUT2D eigenvalue weighted by molar-refractivity contribution is 7.13. The van der Waals surface area contributed by atoms with Gasteiger partial charge in [-0.05, 0) is 62.4 Å². The second-order valence-corrected chi connectivity index (χ2v) is 7.17. The minimum absolute atomic E-state index is 0.0435. The molecule has 0 bridgehead atoms. The first-order valence-corrected chi connectivity index (χ1v) is 8.10. The van der Waals surface area contributed by atoms with Gasteiger partial charge < -0.3 is 5.11 Å². The van der Waals surface area contributed by atoms with Crippen molar-refractivity contribution < 1.29 is 9.90 Å². The predicted octanol–water partition coefficient (Wildman–Crippen LogP) is 5.16. The van der Waals surface area contributed by atoms with Crippen LogP contribution in [-0.2, 0) is 4.79 Å². The number of ketones is 1. The van der Waals surface area contributed by atoms with Crippen LogP contribution >= 0.6 is 22.7 Å². The fourth-order valence-electron chi connectivity index (χ4n) is 1.66. The summed E-state index contributed by atoms with van der Waals surface area (Å²) >= 11 is 3.26. The summed E-state index contributed by atoms with van der Waals surface area (Å²) in [5, 5.41) is 9.72. The second-order valence-electron chi connectivity index (χ2n) is 4.54. The van der Waals surface area contributed by atoms with Crippen molar-refractivity contribution in [2.45, 2.75) is 13.8 Å². The van der Waals surface area contributed by atoms with Crippen molar-refractivity contribution in [2.24, 2.45) is 0 Å². The summed E-state index contributed by atoms with van der Waals surface area (Å²) in [6.45, 7) is 4.05. The highest BCUT2D eigenvalue weighted by Gasteiger charge is 1.97. The number of hydrogen-bond acceptors (Lipinski definition) is 4. The van der Waals surface area contributed by atoms with Crippen LogP contribution < -0.4 is 0 Å². The number of aryl methyl sites for hydroxylation is 2. The molecule has 2 aromatic heterocycles. The number of aliphatic hydroxyl groups is 1. The Hall–Kier alpha value is -1.91. The van der Waals surface area contributed by atoms with Crippen molar-refractivity contribution in [2.75, 3.05) is 0 Å². The molecule has 0 spiro atoms. The third kappa shape index (κ3) is 5.17. The third-order valence-corrected chi connectivity index (χ3v) is 4.57. The lowest BCUT2D eigenvalue weighted by molar-refractivity contribution is -0.110. The van der Waals surface area contributed by atoms with Crippen molar-refractivity contribution in [1.82, 2.24) is 0 Å². The molecule has 0 amide bonds. The molecule has 2 rings (SSSR count). The number of carbonyl (C=O) groups excluding carboxylic acids is 1. The standard InChI is InChI=1S/C17H16O2S2/c1-12-3-7-16(20-12)9-5-14(18)11-15(19)6-10-17-8-4-13(2)21-17/h3-11,18H,1-2H3/b9-5+,10-6+,14-11-. The summed E-state index contributed by atoms with van der Waals surface area (Å²) in [6, 6.07) is 7.97. The van der Waals surface area contributed by atoms with Crippen LogP contribution in [0.1, 0.15) is 19.5 Å². The zero-order valence-corrected chi connectivity index (χ0v) is 13.5. The topological polar surface area (TPSA) is 37.3 Å². The first-order chi connectivity index (χ1) is 10.0. The Morgan fingerprint density at radius 2 is 1.48 bits per heavy atom. The molecule has 21 heavy (non-hydrogen) atoms. The number of thiophene rings is 2. The summed E-state index contributed by atoms with van der Waals surface area (Å²) in [5.74, 6) is -0.274. The molecular formula is C17H16O2S2. The molecule has 0 atom stereocenters. The highest BCUT2D eigenvalue weighted by Crippen LogP contribution is 2.17. The van der Waals surface area contributed by atoms with Crippen molar-refractivity contribution in [3.8, 4) is 0 Å². The maximum Gasteiger partial charge on any atom is 0.182 e. The molecule has 0 fully saturated rings. The normalized spacial score (nSPS) is 12.6. The van der Waals surface area contributed by atoms with Crippen LogP contribution in [0.3, 0.4) is 0 Å². The molecule has 1 N–H and O–H groups in total. The summed E-state index contributed by atoms with van der Waals surface area (Å²) in [4.78, 5) is 16.2. The number of carbonyl (C=O) groups is 1. The van der Waals surface area contributed by atoms with Gasteiger partial charge in [0.25, 0.3) is 0 Å². The molecule has 0 aliphatic carbocycles. The van der Waals surface area contributed by atoms with E-state index in [0.717, 1.165) is 9.75 Å². The molecule has 0 saturated carbocycles. The van der Waals surface area contributed by atoms with Crippen LogP contribution in [0.4, 0.5) is 0 Å². The van der Waals surface area contributed by atoms with Gasteiger partial charge in [-0.3, -0.25) is 4.79 Å². The molecule has 0 aliphatic rings. The Labute approximate surface area is 132 Å². The molecule has 108 valence electrons. The molecule has 2 nitrogen and oxygen atoms in total. The number of aliphatic hydroxyl groups excluding tert-OH is 1. The Morgan fingerprint density at radius 3 is 1.95 bits per heavy atom. The van der Waals surface area contributed by atoms with E-state index in [1.807, 2.05) is 38.1 Å². The predicted molar refractivity (Wildman–Crippen MR) is 91.9 cm³/mol. The Morgan fingerprint density at radius 1 is 0.952 bits per heavy atom. The van der Waals surface area contributed by atoms with E-state index in [4.69, 9.17) is 0 Å². The first kappa shape index (κ1) is 15.5. The fourth-order valence-corrected chi connectivity index (χ4v) is 3.22. The molecule has 0 aromatic carbocycles. The minimum atomic E-state index is -0.231. The van der Waals surface area contributed by atoms with Gasteiger partial charge in [0.15, 0.2) is 5.78 Å². The van der Waals surface area contributed by atoms with Crippen molar-refractivity contribution in [3.05, 3.63) is 67.8 Å². The Kier molecular flexibility index (Phi) is 5.31. The van der Waals surface area contributed by atoms with Crippen LogP contribution in [0.25, 0.3) is 12.2 Å². The van der Waals surface area contributed by atoms with Crippen molar-refractivity contribution in [1.29, 1.82) is 0 Å². The van der Waals surface area contributed by atoms with Crippen LogP contribution in [-0.4, -0.2) is 10.9 Å². The van der Waals surface area contributed by atoms with E-state index >= 15 is 0 Å². The Balaban J connectivity index is 1.96. The molecule has 2 aromatic rings. The quantitative estimate of drug-likeness (QED) is 0.470. The maximum atomic E-state index is 11.7. The van der Waals surface area contributed by atoms with Gasteiger partial charge in [0.2, 0.25) is 0 Å². The molecule has 0 saturated heterocycles. The number of allylic oxidation sites excluding steroid dienone is 3. The van der Waals surface area contributed by atoms with Gasteiger partial charge in [-0.1, -0.05) is 0 Å². The highest BCUT2D eigenvalue weighted by atomic mass is 32.1. The smallest absolute Gasteiger partial charge is 0.182 e. The number of hydrogen-bond donors (Lipinski definition) is 1. The summed E-state index contributed by atoms with van der Waals surface area (Å²) < 4.78 is 0. The fraction of sp³-hybridized carbons (Fsp3) is 0.118. The monoisotopic (exact) mass is 316 g/mol. The van der Waals surface area contributed by atoms with E-state index in [0.29, 0.717) is 0 Å². The van der Waals surface area contributed by atoms with Crippen molar-refractivity contribution >= 4 is 40.6 Å². The second kappa shape index (κ2) is 7.20. The van der Waals surface area contributed by atoms with E-state index in [9.17, 15) is 9.90 Å². The lowest BCUT2D eigenvalue weighted by Crippen LogP contribution is -1.87. The lowest BCUT2D eigenvalue weighted by atomic mass is 10.2. The molecule has 4 heteroatoms. The van der Waals surface area contributed by atoms with Gasteiger partial charge in [-0.25, -0.2) is 0 Å². The molecular weight excluding hydrogens is 300 g/mol. The maximum absolute atomic E-state index is 11.7. The van der Waals surface area contributed by atoms with Crippen LogP contribution in [0.2, 0.25) is 0 Å². The molecule has 0 radical (unpaired) electrons. The zero-order valence-electron chi connectivity index (χ0n) is 11.9. The molecule has 0 unspecified atom stereocenters. The van der Waals surface area contributed by atoms with Crippen LogP contribution in [0, 0.1) is 13.8 Å². The molecule has 2 heterocycles. The van der Waals surface area contributed by atoms with Gasteiger partial charge in [0, 0.05) is 25.6 Å². The average molecular weight is 316 g/mol.